The minimum Gasteiger partial charge on any atom is -0.392 e. The van der Waals surface area contributed by atoms with Crippen molar-refractivity contribution in [3.8, 4) is 0 Å². The SMILES string of the molecule is C[C@H](O)CN(C)C1CCCCCC1. The standard InChI is InChI=1S/C11H23NO/c1-10(13)9-12(2)11-7-5-3-4-6-8-11/h10-11,13H,3-9H2,1-2H3/t10-/m0/s1. The number of aliphatic hydroxyl groups excluding tert-OH is 1. The zero-order valence-corrected chi connectivity index (χ0v) is 9.00. The van der Waals surface area contributed by atoms with Crippen LogP contribution in [0.3, 0.4) is 0 Å². The maximum Gasteiger partial charge on any atom is 0.0639 e. The summed E-state index contributed by atoms with van der Waals surface area (Å²) < 4.78 is 0. The second-order valence-electron chi connectivity index (χ2n) is 4.43. The van der Waals surface area contributed by atoms with Crippen LogP contribution in [0.2, 0.25) is 0 Å². The van der Waals surface area contributed by atoms with E-state index < -0.39 is 0 Å². The Bertz CT molecular complexity index is 128. The van der Waals surface area contributed by atoms with Gasteiger partial charge in [-0.15, -0.1) is 0 Å². The first kappa shape index (κ1) is 11.0. The average molecular weight is 185 g/mol. The molecule has 0 aromatic heterocycles. The zero-order chi connectivity index (χ0) is 9.68. The quantitative estimate of drug-likeness (QED) is 0.680. The molecule has 0 heterocycles. The van der Waals surface area contributed by atoms with Gasteiger partial charge in [-0.3, -0.25) is 0 Å². The Morgan fingerprint density at radius 3 is 2.23 bits per heavy atom. The normalized spacial score (nSPS) is 23.1. The highest BCUT2D eigenvalue weighted by molar-refractivity contribution is 4.73. The van der Waals surface area contributed by atoms with Crippen molar-refractivity contribution in [1.82, 2.24) is 4.90 Å². The van der Waals surface area contributed by atoms with E-state index in [0.717, 1.165) is 12.6 Å². The maximum atomic E-state index is 9.28. The lowest BCUT2D eigenvalue weighted by Crippen LogP contribution is -2.36. The minimum atomic E-state index is -0.187. The molecule has 2 nitrogen and oxygen atoms in total. The molecule has 1 fully saturated rings. The summed E-state index contributed by atoms with van der Waals surface area (Å²) in [6, 6.07) is 0.720. The summed E-state index contributed by atoms with van der Waals surface area (Å²) in [6.45, 7) is 2.69. The van der Waals surface area contributed by atoms with E-state index in [-0.39, 0.29) is 6.10 Å². The van der Waals surface area contributed by atoms with Gasteiger partial charge in [0.2, 0.25) is 0 Å². The lowest BCUT2D eigenvalue weighted by molar-refractivity contribution is 0.111. The van der Waals surface area contributed by atoms with Crippen molar-refractivity contribution < 1.29 is 5.11 Å². The van der Waals surface area contributed by atoms with Crippen molar-refractivity contribution in [2.45, 2.75) is 57.6 Å². The second-order valence-corrected chi connectivity index (χ2v) is 4.43. The molecule has 1 atom stereocenters. The summed E-state index contributed by atoms with van der Waals surface area (Å²) in [7, 11) is 2.14. The molecule has 0 radical (unpaired) electrons. The van der Waals surface area contributed by atoms with E-state index in [2.05, 4.69) is 11.9 Å². The topological polar surface area (TPSA) is 23.5 Å². The van der Waals surface area contributed by atoms with Gasteiger partial charge in [0, 0.05) is 12.6 Å². The van der Waals surface area contributed by atoms with Gasteiger partial charge >= 0.3 is 0 Å². The van der Waals surface area contributed by atoms with Gasteiger partial charge in [-0.2, -0.15) is 0 Å². The van der Waals surface area contributed by atoms with E-state index in [1.807, 2.05) is 6.92 Å². The van der Waals surface area contributed by atoms with Crippen LogP contribution in [0.4, 0.5) is 0 Å². The van der Waals surface area contributed by atoms with E-state index in [9.17, 15) is 5.11 Å². The number of aliphatic hydroxyl groups is 1. The maximum absolute atomic E-state index is 9.28. The van der Waals surface area contributed by atoms with Crippen molar-refractivity contribution in [2.24, 2.45) is 0 Å². The summed E-state index contributed by atoms with van der Waals surface area (Å²) in [5.74, 6) is 0. The molecule has 0 unspecified atom stereocenters. The van der Waals surface area contributed by atoms with E-state index in [1.54, 1.807) is 0 Å². The molecule has 2 heteroatoms. The van der Waals surface area contributed by atoms with Crippen LogP contribution in [-0.4, -0.2) is 35.7 Å². The number of rotatable bonds is 3. The van der Waals surface area contributed by atoms with Gasteiger partial charge in [0.1, 0.15) is 0 Å². The molecule has 0 spiro atoms. The first-order chi connectivity index (χ1) is 6.20. The third-order valence-corrected chi connectivity index (χ3v) is 3.00. The molecule has 0 aliphatic heterocycles. The van der Waals surface area contributed by atoms with Gasteiger partial charge in [-0.1, -0.05) is 25.7 Å². The molecular weight excluding hydrogens is 162 g/mol. The van der Waals surface area contributed by atoms with Crippen LogP contribution in [0.1, 0.15) is 45.4 Å². The fraction of sp³-hybridized carbons (Fsp3) is 1.00. The lowest BCUT2D eigenvalue weighted by Gasteiger charge is -2.27. The Morgan fingerprint density at radius 1 is 1.23 bits per heavy atom. The van der Waals surface area contributed by atoms with Crippen molar-refractivity contribution in [3.63, 3.8) is 0 Å². The third-order valence-electron chi connectivity index (χ3n) is 3.00. The molecule has 1 aliphatic rings. The van der Waals surface area contributed by atoms with E-state index in [1.165, 1.54) is 38.5 Å². The smallest absolute Gasteiger partial charge is 0.0639 e. The van der Waals surface area contributed by atoms with Crippen LogP contribution in [0.25, 0.3) is 0 Å². The highest BCUT2D eigenvalue weighted by Crippen LogP contribution is 2.20. The Hall–Kier alpha value is -0.0800. The fourth-order valence-electron chi connectivity index (χ4n) is 2.26. The number of hydrogen-bond donors (Lipinski definition) is 1. The average Bonchev–Trinajstić information content (AvgIpc) is 2.29. The summed E-state index contributed by atoms with van der Waals surface area (Å²) in [5, 5.41) is 9.28. The Kier molecular flexibility index (Phi) is 4.74. The zero-order valence-electron chi connectivity index (χ0n) is 9.00. The largest absolute Gasteiger partial charge is 0.392 e. The summed E-state index contributed by atoms with van der Waals surface area (Å²) >= 11 is 0. The molecule has 0 saturated heterocycles. The van der Waals surface area contributed by atoms with E-state index in [0.29, 0.717) is 0 Å². The third kappa shape index (κ3) is 4.10. The number of likely N-dealkylation sites (N-methyl/N-ethyl adjacent to an activating group) is 1. The summed E-state index contributed by atoms with van der Waals surface area (Å²) in [6.07, 6.45) is 8.00. The van der Waals surface area contributed by atoms with Crippen LogP contribution in [0.15, 0.2) is 0 Å². The van der Waals surface area contributed by atoms with E-state index in [4.69, 9.17) is 0 Å². The predicted octanol–water partition coefficient (Wildman–Crippen LogP) is 2.02. The molecular formula is C11H23NO. The minimum absolute atomic E-state index is 0.187. The number of nitrogens with zero attached hydrogens (tertiary/aromatic N) is 1. The van der Waals surface area contributed by atoms with Crippen LogP contribution in [0, 0.1) is 0 Å². The Morgan fingerprint density at radius 2 is 1.77 bits per heavy atom. The van der Waals surface area contributed by atoms with E-state index >= 15 is 0 Å². The second kappa shape index (κ2) is 5.61. The Labute approximate surface area is 81.9 Å². The summed E-state index contributed by atoms with van der Waals surface area (Å²) in [5.41, 5.74) is 0. The van der Waals surface area contributed by atoms with Gasteiger partial charge in [-0.05, 0) is 26.8 Å². The number of hydrogen-bond acceptors (Lipinski definition) is 2. The van der Waals surface area contributed by atoms with Gasteiger partial charge in [0.05, 0.1) is 6.10 Å². The molecule has 0 amide bonds. The highest BCUT2D eigenvalue weighted by atomic mass is 16.3. The van der Waals surface area contributed by atoms with Crippen LogP contribution < -0.4 is 0 Å². The van der Waals surface area contributed by atoms with Gasteiger partial charge in [0.25, 0.3) is 0 Å². The lowest BCUT2D eigenvalue weighted by atomic mass is 10.1. The van der Waals surface area contributed by atoms with Crippen molar-refractivity contribution in [3.05, 3.63) is 0 Å². The molecule has 1 rings (SSSR count). The van der Waals surface area contributed by atoms with Crippen LogP contribution in [-0.2, 0) is 0 Å². The van der Waals surface area contributed by atoms with Crippen LogP contribution >= 0.6 is 0 Å². The molecule has 1 saturated carbocycles. The predicted molar refractivity (Wildman–Crippen MR) is 55.8 cm³/mol. The monoisotopic (exact) mass is 185 g/mol. The fourth-order valence-corrected chi connectivity index (χ4v) is 2.26. The van der Waals surface area contributed by atoms with Gasteiger partial charge in [0.15, 0.2) is 0 Å². The summed E-state index contributed by atoms with van der Waals surface area (Å²) in [4.78, 5) is 2.33. The van der Waals surface area contributed by atoms with Gasteiger partial charge < -0.3 is 10.0 Å². The molecule has 13 heavy (non-hydrogen) atoms. The van der Waals surface area contributed by atoms with Crippen molar-refractivity contribution in [1.29, 1.82) is 0 Å². The molecule has 0 bridgehead atoms. The first-order valence-electron chi connectivity index (χ1n) is 5.58. The Balaban J connectivity index is 2.30. The highest BCUT2D eigenvalue weighted by Gasteiger charge is 2.17. The van der Waals surface area contributed by atoms with Gasteiger partial charge in [-0.25, -0.2) is 0 Å². The molecule has 0 aromatic rings. The molecule has 78 valence electrons. The van der Waals surface area contributed by atoms with Crippen molar-refractivity contribution >= 4 is 0 Å². The molecule has 1 aliphatic carbocycles. The van der Waals surface area contributed by atoms with Crippen LogP contribution in [0.5, 0.6) is 0 Å². The van der Waals surface area contributed by atoms with Crippen molar-refractivity contribution in [2.75, 3.05) is 13.6 Å². The molecule has 1 N–H and O–H groups in total. The molecule has 0 aromatic carbocycles. The first-order valence-corrected chi connectivity index (χ1v) is 5.58.